The average molecular weight is 332 g/mol. The molecule has 3 aromatic rings. The summed E-state index contributed by atoms with van der Waals surface area (Å²) < 4.78 is 2.95. The first-order valence-electron chi connectivity index (χ1n) is 6.23. The number of imidazole rings is 1. The van der Waals surface area contributed by atoms with Gasteiger partial charge in [0.15, 0.2) is 0 Å². The molecule has 0 saturated heterocycles. The lowest BCUT2D eigenvalue weighted by Crippen LogP contribution is -2.19. The zero-order valence-electron chi connectivity index (χ0n) is 11.3. The molecule has 0 aliphatic carbocycles. The van der Waals surface area contributed by atoms with Gasteiger partial charge in [0.2, 0.25) is 0 Å². The van der Waals surface area contributed by atoms with Crippen LogP contribution in [-0.2, 0) is 13.6 Å². The van der Waals surface area contributed by atoms with Crippen molar-refractivity contribution in [2.24, 2.45) is 7.05 Å². The molecule has 0 saturated carbocycles. The summed E-state index contributed by atoms with van der Waals surface area (Å²) in [6.45, 7) is 0.723. The highest BCUT2D eigenvalue weighted by Gasteiger charge is 2.10. The normalized spacial score (nSPS) is 10.9. The maximum atomic E-state index is 4.48. The van der Waals surface area contributed by atoms with Crippen LogP contribution in [0.4, 0.5) is 5.69 Å². The Morgan fingerprint density at radius 3 is 2.85 bits per heavy atom. The summed E-state index contributed by atoms with van der Waals surface area (Å²) >= 11 is 3.42. The van der Waals surface area contributed by atoms with E-state index in [0.717, 1.165) is 33.6 Å². The molecule has 6 heteroatoms. The van der Waals surface area contributed by atoms with Crippen molar-refractivity contribution >= 4 is 32.7 Å². The number of nitrogens with zero attached hydrogens (tertiary/aromatic N) is 5. The van der Waals surface area contributed by atoms with E-state index in [9.17, 15) is 0 Å². The fraction of sp³-hybridized carbons (Fsp3) is 0.214. The lowest BCUT2D eigenvalue weighted by Gasteiger charge is -2.20. The lowest BCUT2D eigenvalue weighted by molar-refractivity contribution is 0.762. The molecule has 20 heavy (non-hydrogen) atoms. The minimum Gasteiger partial charge on any atom is -0.365 e. The molecule has 0 atom stereocenters. The van der Waals surface area contributed by atoms with Crippen LogP contribution >= 0.6 is 15.9 Å². The van der Waals surface area contributed by atoms with Gasteiger partial charge >= 0.3 is 0 Å². The van der Waals surface area contributed by atoms with Gasteiger partial charge in [0.25, 0.3) is 0 Å². The molecule has 0 fully saturated rings. The predicted octanol–water partition coefficient (Wildman–Crippen LogP) is 2.76. The number of aromatic nitrogens is 4. The Morgan fingerprint density at radius 1 is 1.25 bits per heavy atom. The molecule has 0 aromatic carbocycles. The molecule has 0 bridgehead atoms. The van der Waals surface area contributed by atoms with Gasteiger partial charge in [-0.15, -0.1) is 0 Å². The van der Waals surface area contributed by atoms with Crippen molar-refractivity contribution in [3.8, 4) is 0 Å². The standard InChI is InChI=1S/C14H14BrN5/c1-19-6-5-17-13(19)9-20(2)12-3-4-16-11-7-10(15)8-18-14(11)12/h3-8H,9H2,1-2H3. The summed E-state index contributed by atoms with van der Waals surface area (Å²) in [6.07, 6.45) is 7.36. The third-order valence-corrected chi connectivity index (χ3v) is 3.67. The smallest absolute Gasteiger partial charge is 0.127 e. The third kappa shape index (κ3) is 2.38. The van der Waals surface area contributed by atoms with Crippen LogP contribution in [0, 0.1) is 0 Å². The van der Waals surface area contributed by atoms with Gasteiger partial charge in [-0.2, -0.15) is 0 Å². The molecule has 0 N–H and O–H groups in total. The van der Waals surface area contributed by atoms with Gasteiger partial charge in [-0.3, -0.25) is 9.97 Å². The van der Waals surface area contributed by atoms with E-state index in [0.29, 0.717) is 0 Å². The van der Waals surface area contributed by atoms with E-state index in [2.05, 4.69) is 35.8 Å². The zero-order chi connectivity index (χ0) is 14.1. The van der Waals surface area contributed by atoms with E-state index in [1.807, 2.05) is 43.2 Å². The van der Waals surface area contributed by atoms with Gasteiger partial charge < -0.3 is 9.47 Å². The lowest BCUT2D eigenvalue weighted by atomic mass is 10.2. The van der Waals surface area contributed by atoms with Crippen molar-refractivity contribution in [2.75, 3.05) is 11.9 Å². The maximum absolute atomic E-state index is 4.48. The Balaban J connectivity index is 1.99. The molecule has 3 heterocycles. The summed E-state index contributed by atoms with van der Waals surface area (Å²) in [5, 5.41) is 0. The summed E-state index contributed by atoms with van der Waals surface area (Å²) in [7, 11) is 4.03. The zero-order valence-corrected chi connectivity index (χ0v) is 12.9. The molecule has 0 unspecified atom stereocenters. The average Bonchev–Trinajstić information content (AvgIpc) is 2.83. The van der Waals surface area contributed by atoms with Crippen molar-refractivity contribution in [3.05, 3.63) is 47.2 Å². The number of hydrogen-bond acceptors (Lipinski definition) is 4. The largest absolute Gasteiger partial charge is 0.365 e. The Bertz CT molecular complexity index is 752. The van der Waals surface area contributed by atoms with E-state index in [1.54, 1.807) is 12.4 Å². The van der Waals surface area contributed by atoms with Crippen LogP contribution in [0.2, 0.25) is 0 Å². The molecule has 5 nitrogen and oxygen atoms in total. The highest BCUT2D eigenvalue weighted by atomic mass is 79.9. The highest BCUT2D eigenvalue weighted by Crippen LogP contribution is 2.25. The van der Waals surface area contributed by atoms with Crippen molar-refractivity contribution in [1.29, 1.82) is 0 Å². The monoisotopic (exact) mass is 331 g/mol. The van der Waals surface area contributed by atoms with E-state index in [4.69, 9.17) is 0 Å². The van der Waals surface area contributed by atoms with Crippen molar-refractivity contribution in [1.82, 2.24) is 19.5 Å². The van der Waals surface area contributed by atoms with Gasteiger partial charge in [0.05, 0.1) is 17.7 Å². The molecule has 102 valence electrons. The quantitative estimate of drug-likeness (QED) is 0.740. The number of aryl methyl sites for hydroxylation is 1. The molecular formula is C14H14BrN5. The first kappa shape index (κ1) is 13.1. The number of rotatable bonds is 3. The van der Waals surface area contributed by atoms with E-state index in [-0.39, 0.29) is 0 Å². The van der Waals surface area contributed by atoms with Gasteiger partial charge in [-0.05, 0) is 28.1 Å². The summed E-state index contributed by atoms with van der Waals surface area (Å²) in [5.74, 6) is 1.01. The minimum absolute atomic E-state index is 0.723. The van der Waals surface area contributed by atoms with Crippen LogP contribution < -0.4 is 4.90 Å². The molecule has 3 rings (SSSR count). The van der Waals surface area contributed by atoms with Gasteiger partial charge in [-0.25, -0.2) is 4.98 Å². The summed E-state index contributed by atoms with van der Waals surface area (Å²) in [4.78, 5) is 15.3. The Labute approximate surface area is 125 Å². The highest BCUT2D eigenvalue weighted by molar-refractivity contribution is 9.10. The summed E-state index contributed by atoms with van der Waals surface area (Å²) in [6, 6.07) is 3.95. The second-order valence-corrected chi connectivity index (χ2v) is 5.58. The van der Waals surface area contributed by atoms with Crippen LogP contribution in [0.15, 0.2) is 41.4 Å². The summed E-state index contributed by atoms with van der Waals surface area (Å²) in [5.41, 5.74) is 2.82. The molecule has 0 radical (unpaired) electrons. The first-order chi connectivity index (χ1) is 9.65. The fourth-order valence-electron chi connectivity index (χ4n) is 2.15. The number of hydrogen-bond donors (Lipinski definition) is 0. The van der Waals surface area contributed by atoms with Gasteiger partial charge in [0.1, 0.15) is 11.3 Å². The molecule has 0 aliphatic rings. The Hall–Kier alpha value is -1.95. The predicted molar refractivity (Wildman–Crippen MR) is 82.6 cm³/mol. The second kappa shape index (κ2) is 5.20. The fourth-order valence-corrected chi connectivity index (χ4v) is 2.46. The van der Waals surface area contributed by atoms with Crippen LogP contribution in [0.1, 0.15) is 5.82 Å². The molecule has 3 aromatic heterocycles. The first-order valence-corrected chi connectivity index (χ1v) is 7.02. The van der Waals surface area contributed by atoms with Crippen LogP contribution in [-0.4, -0.2) is 26.6 Å². The van der Waals surface area contributed by atoms with Crippen molar-refractivity contribution in [2.45, 2.75) is 6.54 Å². The number of pyridine rings is 2. The molecular weight excluding hydrogens is 318 g/mol. The molecule has 0 amide bonds. The Kier molecular flexibility index (Phi) is 3.40. The number of anilines is 1. The SMILES string of the molecule is CN(Cc1nccn1C)c1ccnc2cc(Br)cnc12. The molecule has 0 spiro atoms. The van der Waals surface area contributed by atoms with E-state index >= 15 is 0 Å². The van der Waals surface area contributed by atoms with Crippen LogP contribution in [0.25, 0.3) is 11.0 Å². The van der Waals surface area contributed by atoms with E-state index < -0.39 is 0 Å². The topological polar surface area (TPSA) is 46.8 Å². The van der Waals surface area contributed by atoms with Gasteiger partial charge in [0, 0.05) is 43.4 Å². The van der Waals surface area contributed by atoms with Crippen LogP contribution in [0.5, 0.6) is 0 Å². The Morgan fingerprint density at radius 2 is 2.10 bits per heavy atom. The van der Waals surface area contributed by atoms with E-state index in [1.165, 1.54) is 0 Å². The van der Waals surface area contributed by atoms with Crippen molar-refractivity contribution in [3.63, 3.8) is 0 Å². The number of fused-ring (bicyclic) bond motifs is 1. The second-order valence-electron chi connectivity index (χ2n) is 4.66. The van der Waals surface area contributed by atoms with Gasteiger partial charge in [-0.1, -0.05) is 0 Å². The minimum atomic E-state index is 0.723. The van der Waals surface area contributed by atoms with Crippen LogP contribution in [0.3, 0.4) is 0 Å². The van der Waals surface area contributed by atoms with Crippen molar-refractivity contribution < 1.29 is 0 Å². The number of halogens is 1. The maximum Gasteiger partial charge on any atom is 0.127 e. The molecule has 0 aliphatic heterocycles. The third-order valence-electron chi connectivity index (χ3n) is 3.23.